The zero-order valence-electron chi connectivity index (χ0n) is 10.3. The van der Waals surface area contributed by atoms with E-state index >= 15 is 0 Å². The normalized spacial score (nSPS) is 9.53. The van der Waals surface area contributed by atoms with E-state index in [2.05, 4.69) is 22.6 Å². The molecule has 0 amide bonds. The van der Waals surface area contributed by atoms with Crippen molar-refractivity contribution < 1.29 is 22.7 Å². The van der Waals surface area contributed by atoms with Crippen LogP contribution in [-0.2, 0) is 19.3 Å². The standard InChI is InChI=1S/C6H14O2S.C5H6O3/c1-3-5-9(7,8)6-4-2;1-3-7-5(6)8-4-2/h3-6H2,1-2H3;3-4H,1-2H2. The van der Waals surface area contributed by atoms with Gasteiger partial charge in [0.1, 0.15) is 9.84 Å². The lowest BCUT2D eigenvalue weighted by Crippen LogP contribution is -2.08. The number of carbonyl (C=O) groups excluding carboxylic acids is 1. The van der Waals surface area contributed by atoms with E-state index in [1.165, 1.54) is 0 Å². The summed E-state index contributed by atoms with van der Waals surface area (Å²) < 4.78 is 29.9. The lowest BCUT2D eigenvalue weighted by Gasteiger charge is -1.96. The summed E-state index contributed by atoms with van der Waals surface area (Å²) in [6, 6.07) is 0. The molecule has 0 aliphatic carbocycles. The Kier molecular flexibility index (Phi) is 11.9. The van der Waals surface area contributed by atoms with Gasteiger partial charge in [0.2, 0.25) is 0 Å². The Morgan fingerprint density at radius 2 is 1.41 bits per heavy atom. The molecule has 0 bridgehead atoms. The molecule has 0 fully saturated rings. The summed E-state index contributed by atoms with van der Waals surface area (Å²) >= 11 is 0. The zero-order chi connectivity index (χ0) is 13.7. The molecule has 0 N–H and O–H groups in total. The first-order valence-electron chi connectivity index (χ1n) is 5.23. The lowest BCUT2D eigenvalue weighted by atomic mass is 10.6. The summed E-state index contributed by atoms with van der Waals surface area (Å²) in [7, 11) is -2.68. The van der Waals surface area contributed by atoms with E-state index < -0.39 is 16.0 Å². The first kappa shape index (κ1) is 18.1. The third kappa shape index (κ3) is 14.7. The number of ether oxygens (including phenoxy) is 2. The largest absolute Gasteiger partial charge is 0.518 e. The predicted octanol–water partition coefficient (Wildman–Crippen LogP) is 2.65. The lowest BCUT2D eigenvalue weighted by molar-refractivity contribution is 0.120. The van der Waals surface area contributed by atoms with Crippen LogP contribution in [0.25, 0.3) is 0 Å². The summed E-state index contributed by atoms with van der Waals surface area (Å²) in [5, 5.41) is 0. The van der Waals surface area contributed by atoms with Crippen molar-refractivity contribution in [2.45, 2.75) is 26.7 Å². The molecule has 0 saturated carbocycles. The van der Waals surface area contributed by atoms with Gasteiger partial charge in [0.25, 0.3) is 0 Å². The third-order valence-electron chi connectivity index (χ3n) is 1.39. The van der Waals surface area contributed by atoms with Crippen LogP contribution in [0.1, 0.15) is 26.7 Å². The quantitative estimate of drug-likeness (QED) is 0.545. The summed E-state index contributed by atoms with van der Waals surface area (Å²) in [5.41, 5.74) is 0. The van der Waals surface area contributed by atoms with E-state index in [-0.39, 0.29) is 0 Å². The monoisotopic (exact) mass is 264 g/mol. The second kappa shape index (κ2) is 11.2. The van der Waals surface area contributed by atoms with Crippen molar-refractivity contribution >= 4 is 16.0 Å². The highest BCUT2D eigenvalue weighted by Crippen LogP contribution is 1.94. The van der Waals surface area contributed by atoms with Crippen LogP contribution in [-0.4, -0.2) is 26.1 Å². The van der Waals surface area contributed by atoms with Gasteiger partial charge in [-0.2, -0.15) is 0 Å². The zero-order valence-corrected chi connectivity index (χ0v) is 11.2. The van der Waals surface area contributed by atoms with Gasteiger partial charge >= 0.3 is 6.16 Å². The molecule has 0 unspecified atom stereocenters. The first-order valence-corrected chi connectivity index (χ1v) is 7.05. The molecule has 0 rings (SSSR count). The summed E-state index contributed by atoms with van der Waals surface area (Å²) in [6.45, 7) is 10.0. The molecule has 0 aromatic rings. The van der Waals surface area contributed by atoms with Crippen molar-refractivity contribution in [3.63, 3.8) is 0 Å². The maximum Gasteiger partial charge on any atom is 0.518 e. The Labute approximate surface area is 103 Å². The Hall–Kier alpha value is -1.30. The Bertz CT molecular complexity index is 295. The Balaban J connectivity index is 0. The van der Waals surface area contributed by atoms with E-state index in [0.29, 0.717) is 11.5 Å². The van der Waals surface area contributed by atoms with Crippen molar-refractivity contribution in [2.75, 3.05) is 11.5 Å². The number of hydrogen-bond acceptors (Lipinski definition) is 5. The average molecular weight is 264 g/mol. The fraction of sp³-hybridized carbons (Fsp3) is 0.545. The molecule has 17 heavy (non-hydrogen) atoms. The minimum atomic E-state index is -2.68. The molecule has 0 aliphatic rings. The van der Waals surface area contributed by atoms with Crippen LogP contribution in [0.3, 0.4) is 0 Å². The molecule has 0 aliphatic heterocycles. The fourth-order valence-electron chi connectivity index (χ4n) is 0.888. The van der Waals surface area contributed by atoms with E-state index in [0.717, 1.165) is 25.4 Å². The first-order chi connectivity index (χ1) is 7.93. The number of hydrogen-bond donors (Lipinski definition) is 0. The van der Waals surface area contributed by atoms with Gasteiger partial charge in [0, 0.05) is 11.5 Å². The number of rotatable bonds is 6. The van der Waals surface area contributed by atoms with E-state index in [1.807, 2.05) is 13.8 Å². The molecule has 0 heterocycles. The van der Waals surface area contributed by atoms with Crippen LogP contribution >= 0.6 is 0 Å². The number of carbonyl (C=O) groups is 1. The molecule has 0 radical (unpaired) electrons. The van der Waals surface area contributed by atoms with Gasteiger partial charge in [0.15, 0.2) is 0 Å². The topological polar surface area (TPSA) is 69.7 Å². The van der Waals surface area contributed by atoms with Gasteiger partial charge in [-0.3, -0.25) is 0 Å². The highest BCUT2D eigenvalue weighted by molar-refractivity contribution is 7.91. The Morgan fingerprint density at radius 3 is 1.65 bits per heavy atom. The second-order valence-corrected chi connectivity index (χ2v) is 5.27. The van der Waals surface area contributed by atoms with Crippen molar-refractivity contribution in [3.8, 4) is 0 Å². The molecular formula is C11H20O5S. The highest BCUT2D eigenvalue weighted by Gasteiger charge is 2.05. The van der Waals surface area contributed by atoms with E-state index in [4.69, 9.17) is 0 Å². The molecule has 6 heteroatoms. The van der Waals surface area contributed by atoms with Crippen LogP contribution < -0.4 is 0 Å². The Morgan fingerprint density at radius 1 is 1.06 bits per heavy atom. The van der Waals surface area contributed by atoms with Crippen molar-refractivity contribution in [2.24, 2.45) is 0 Å². The van der Waals surface area contributed by atoms with Crippen LogP contribution in [0.4, 0.5) is 4.79 Å². The third-order valence-corrected chi connectivity index (χ3v) is 3.45. The molecule has 5 nitrogen and oxygen atoms in total. The van der Waals surface area contributed by atoms with Crippen molar-refractivity contribution in [1.82, 2.24) is 0 Å². The molecule has 0 spiro atoms. The van der Waals surface area contributed by atoms with Crippen molar-refractivity contribution in [1.29, 1.82) is 0 Å². The van der Waals surface area contributed by atoms with Gasteiger partial charge in [-0.15, -0.1) is 0 Å². The minimum Gasteiger partial charge on any atom is -0.403 e. The summed E-state index contributed by atoms with van der Waals surface area (Å²) in [4.78, 5) is 10.1. The van der Waals surface area contributed by atoms with Crippen LogP contribution in [0.15, 0.2) is 25.7 Å². The van der Waals surface area contributed by atoms with E-state index in [1.54, 1.807) is 0 Å². The SMILES string of the molecule is C=COC(=O)OC=C.CCCS(=O)(=O)CCC. The molecule has 0 aromatic heterocycles. The average Bonchev–Trinajstić information content (AvgIpc) is 2.18. The molecule has 0 atom stereocenters. The summed E-state index contributed by atoms with van der Waals surface area (Å²) in [6.07, 6.45) is 2.61. The minimum absolute atomic E-state index is 0.348. The maximum atomic E-state index is 10.8. The van der Waals surface area contributed by atoms with Gasteiger partial charge in [0.05, 0.1) is 12.5 Å². The van der Waals surface area contributed by atoms with E-state index in [9.17, 15) is 13.2 Å². The van der Waals surface area contributed by atoms with Crippen LogP contribution in [0, 0.1) is 0 Å². The molecular weight excluding hydrogens is 244 g/mol. The highest BCUT2D eigenvalue weighted by atomic mass is 32.2. The fourth-order valence-corrected chi connectivity index (χ4v) is 2.34. The van der Waals surface area contributed by atoms with Gasteiger partial charge in [-0.05, 0) is 12.8 Å². The predicted molar refractivity (Wildman–Crippen MR) is 67.2 cm³/mol. The van der Waals surface area contributed by atoms with Crippen LogP contribution in [0.5, 0.6) is 0 Å². The second-order valence-electron chi connectivity index (χ2n) is 2.97. The molecule has 0 saturated heterocycles. The molecule has 0 aromatic carbocycles. The van der Waals surface area contributed by atoms with Crippen molar-refractivity contribution in [3.05, 3.63) is 25.7 Å². The molecule has 100 valence electrons. The maximum absolute atomic E-state index is 10.8. The van der Waals surface area contributed by atoms with Crippen LogP contribution in [0.2, 0.25) is 0 Å². The smallest absolute Gasteiger partial charge is 0.403 e. The number of sulfone groups is 1. The van der Waals surface area contributed by atoms with Gasteiger partial charge in [-0.1, -0.05) is 27.0 Å². The van der Waals surface area contributed by atoms with Gasteiger partial charge in [-0.25, -0.2) is 13.2 Å². The summed E-state index contributed by atoms with van der Waals surface area (Å²) in [5.74, 6) is 0.696. The van der Waals surface area contributed by atoms with Gasteiger partial charge < -0.3 is 9.47 Å².